The number of fused-ring (bicyclic) bond motifs is 2. The number of phenolic OH excluding ortho intramolecular Hbond substituents is 1. The molecule has 0 saturated heterocycles. The first-order chi connectivity index (χ1) is 18.3. The van der Waals surface area contributed by atoms with Crippen molar-refractivity contribution in [3.63, 3.8) is 0 Å². The molecule has 0 spiro atoms. The monoisotopic (exact) mass is 505 g/mol. The molecular weight excluding hydrogens is 486 g/mol. The Hall–Kier alpha value is -5.64. The first-order valence-electron chi connectivity index (χ1n) is 11.3. The Balaban J connectivity index is 1.52. The van der Waals surface area contributed by atoms with Gasteiger partial charge >= 0.3 is 11.9 Å². The summed E-state index contributed by atoms with van der Waals surface area (Å²) < 4.78 is 0. The van der Waals surface area contributed by atoms with Crippen molar-refractivity contribution < 1.29 is 24.9 Å². The number of nitrogens with zero attached hydrogens (tertiary/aromatic N) is 4. The van der Waals surface area contributed by atoms with Crippen LogP contribution >= 0.6 is 0 Å². The number of azo groups is 2. The van der Waals surface area contributed by atoms with Crippen molar-refractivity contribution in [3.05, 3.63) is 96.1 Å². The van der Waals surface area contributed by atoms with E-state index >= 15 is 0 Å². The summed E-state index contributed by atoms with van der Waals surface area (Å²) in [6, 6.07) is 22.9. The number of carbonyl (C=O) groups is 2. The molecular formula is C28H19N5O5. The second-order valence-corrected chi connectivity index (χ2v) is 8.34. The minimum atomic E-state index is -1.27. The van der Waals surface area contributed by atoms with Crippen LogP contribution in [-0.2, 0) is 0 Å². The Labute approximate surface area is 215 Å². The fraction of sp³-hybridized carbons (Fsp3) is 0. The molecule has 0 heterocycles. The molecule has 0 radical (unpaired) electrons. The van der Waals surface area contributed by atoms with E-state index in [1.54, 1.807) is 30.3 Å². The lowest BCUT2D eigenvalue weighted by Gasteiger charge is -2.06. The van der Waals surface area contributed by atoms with Gasteiger partial charge in [0.1, 0.15) is 5.69 Å². The number of rotatable bonds is 6. The molecule has 5 rings (SSSR count). The van der Waals surface area contributed by atoms with Crippen molar-refractivity contribution in [3.8, 4) is 5.75 Å². The predicted octanol–water partition coefficient (Wildman–Crippen LogP) is 7.51. The van der Waals surface area contributed by atoms with Gasteiger partial charge in [-0.15, -0.1) is 15.3 Å². The van der Waals surface area contributed by atoms with Crippen molar-refractivity contribution in [2.24, 2.45) is 20.5 Å². The highest BCUT2D eigenvalue weighted by Gasteiger charge is 2.12. The third-order valence-corrected chi connectivity index (χ3v) is 5.82. The van der Waals surface area contributed by atoms with Crippen molar-refractivity contribution >= 4 is 61.9 Å². The van der Waals surface area contributed by atoms with E-state index in [9.17, 15) is 24.9 Å². The van der Waals surface area contributed by atoms with Gasteiger partial charge in [0.15, 0.2) is 5.75 Å². The van der Waals surface area contributed by atoms with Crippen LogP contribution in [-0.4, -0.2) is 27.3 Å². The van der Waals surface area contributed by atoms with E-state index < -0.39 is 11.9 Å². The third kappa shape index (κ3) is 4.73. The minimum Gasteiger partial charge on any atom is -0.505 e. The number of hydrogen-bond donors (Lipinski definition) is 4. The topological polar surface area (TPSA) is 170 Å². The van der Waals surface area contributed by atoms with Crippen LogP contribution in [0.3, 0.4) is 0 Å². The van der Waals surface area contributed by atoms with Crippen LogP contribution in [0.15, 0.2) is 105 Å². The number of nitrogens with two attached hydrogens (primary N) is 1. The molecule has 0 aliphatic heterocycles. The zero-order chi connectivity index (χ0) is 26.8. The molecule has 5 N–H and O–H groups in total. The number of benzene rings is 5. The largest absolute Gasteiger partial charge is 0.505 e. The number of carboxylic acid groups (broad SMARTS) is 2. The van der Waals surface area contributed by atoms with Crippen LogP contribution in [0.4, 0.5) is 28.4 Å². The number of aromatic carboxylic acids is 2. The average Bonchev–Trinajstić information content (AvgIpc) is 2.92. The Bertz CT molecular complexity index is 1780. The zero-order valence-electron chi connectivity index (χ0n) is 19.6. The standard InChI is InChI=1S/C28H19N5O5/c29-18-7-5-15-6-8-25(26(34)22(15)14-18)33-32-24-10-9-23(20-3-1-2-4-21(20)24)31-30-19-12-16(27(35)36)11-17(13-19)28(37)38/h1-14,34H,29H2,(H,35,36)(H,37,38). The summed E-state index contributed by atoms with van der Waals surface area (Å²) >= 11 is 0. The molecule has 186 valence electrons. The van der Waals surface area contributed by atoms with Crippen LogP contribution < -0.4 is 5.73 Å². The molecule has 10 heteroatoms. The summed E-state index contributed by atoms with van der Waals surface area (Å²) in [4.78, 5) is 22.7. The molecule has 0 aromatic heterocycles. The fourth-order valence-corrected chi connectivity index (χ4v) is 3.97. The Morgan fingerprint density at radius 2 is 1.13 bits per heavy atom. The second-order valence-electron chi connectivity index (χ2n) is 8.34. The van der Waals surface area contributed by atoms with Gasteiger partial charge in [-0.3, -0.25) is 0 Å². The highest BCUT2D eigenvalue weighted by atomic mass is 16.4. The van der Waals surface area contributed by atoms with Gasteiger partial charge in [0.2, 0.25) is 0 Å². The molecule has 38 heavy (non-hydrogen) atoms. The first-order valence-corrected chi connectivity index (χ1v) is 11.3. The van der Waals surface area contributed by atoms with Gasteiger partial charge in [-0.25, -0.2) is 9.59 Å². The molecule has 0 amide bonds. The lowest BCUT2D eigenvalue weighted by atomic mass is 10.1. The molecule has 0 saturated carbocycles. The van der Waals surface area contributed by atoms with Gasteiger partial charge in [0.25, 0.3) is 0 Å². The van der Waals surface area contributed by atoms with E-state index in [0.717, 1.165) is 11.5 Å². The number of nitrogen functional groups attached to an aromatic ring is 1. The van der Waals surface area contributed by atoms with Gasteiger partial charge in [-0.1, -0.05) is 36.4 Å². The van der Waals surface area contributed by atoms with Crippen LogP contribution in [0.2, 0.25) is 0 Å². The number of hydrogen-bond acceptors (Lipinski definition) is 8. The van der Waals surface area contributed by atoms with Crippen LogP contribution in [0.5, 0.6) is 5.75 Å². The summed E-state index contributed by atoms with van der Waals surface area (Å²) in [5.74, 6) is -2.58. The molecule has 0 unspecified atom stereocenters. The zero-order valence-corrected chi connectivity index (χ0v) is 19.6. The highest BCUT2D eigenvalue weighted by molar-refractivity contribution is 6.00. The molecule has 0 bridgehead atoms. The molecule has 10 nitrogen and oxygen atoms in total. The van der Waals surface area contributed by atoms with Gasteiger partial charge in [-0.05, 0) is 53.9 Å². The molecule has 0 aliphatic rings. The molecule has 0 atom stereocenters. The molecule has 5 aromatic rings. The quantitative estimate of drug-likeness (QED) is 0.137. The summed E-state index contributed by atoms with van der Waals surface area (Å²) in [6.45, 7) is 0. The van der Waals surface area contributed by atoms with Crippen LogP contribution in [0.25, 0.3) is 21.5 Å². The smallest absolute Gasteiger partial charge is 0.335 e. The lowest BCUT2D eigenvalue weighted by Crippen LogP contribution is -2.01. The van der Waals surface area contributed by atoms with E-state index in [1.165, 1.54) is 12.1 Å². The molecule has 0 aliphatic carbocycles. The van der Waals surface area contributed by atoms with E-state index in [1.807, 2.05) is 36.4 Å². The average molecular weight is 505 g/mol. The number of carboxylic acids is 2. The van der Waals surface area contributed by atoms with Gasteiger partial charge in [0.05, 0.1) is 28.2 Å². The number of aromatic hydroxyl groups is 1. The third-order valence-electron chi connectivity index (χ3n) is 5.82. The molecule has 0 fully saturated rings. The number of anilines is 1. The van der Waals surface area contributed by atoms with E-state index in [4.69, 9.17) is 5.73 Å². The minimum absolute atomic E-state index is 0.0300. The number of phenols is 1. The normalized spacial score (nSPS) is 11.6. The van der Waals surface area contributed by atoms with Crippen molar-refractivity contribution in [2.75, 3.05) is 5.73 Å². The molecule has 5 aromatic carbocycles. The SMILES string of the molecule is Nc1ccc2ccc(N=Nc3ccc(N=Nc4cc(C(=O)O)cc(C(=O)O)c4)c4ccccc34)c(O)c2c1. The van der Waals surface area contributed by atoms with Crippen molar-refractivity contribution in [2.45, 2.75) is 0 Å². The Morgan fingerprint density at radius 1 is 0.605 bits per heavy atom. The summed E-state index contributed by atoms with van der Waals surface area (Å²) in [7, 11) is 0. The van der Waals surface area contributed by atoms with Gasteiger partial charge < -0.3 is 21.1 Å². The maximum atomic E-state index is 11.4. The van der Waals surface area contributed by atoms with Crippen LogP contribution in [0.1, 0.15) is 20.7 Å². The van der Waals surface area contributed by atoms with Crippen LogP contribution in [0, 0.1) is 0 Å². The van der Waals surface area contributed by atoms with E-state index in [-0.39, 0.29) is 28.3 Å². The van der Waals surface area contributed by atoms with Gasteiger partial charge in [0, 0.05) is 21.8 Å². The first kappa shape index (κ1) is 24.1. The summed E-state index contributed by atoms with van der Waals surface area (Å²) in [5.41, 5.74) is 7.30. The summed E-state index contributed by atoms with van der Waals surface area (Å²) in [6.07, 6.45) is 0. The van der Waals surface area contributed by atoms with Gasteiger partial charge in [-0.2, -0.15) is 5.11 Å². The highest BCUT2D eigenvalue weighted by Crippen LogP contribution is 2.39. The maximum Gasteiger partial charge on any atom is 0.335 e. The van der Waals surface area contributed by atoms with Crippen molar-refractivity contribution in [1.29, 1.82) is 0 Å². The second kappa shape index (κ2) is 9.78. The maximum absolute atomic E-state index is 11.4. The Morgan fingerprint density at radius 3 is 1.74 bits per heavy atom. The predicted molar refractivity (Wildman–Crippen MR) is 143 cm³/mol. The Kier molecular flexibility index (Phi) is 6.20. The van der Waals surface area contributed by atoms with E-state index in [2.05, 4.69) is 20.5 Å². The van der Waals surface area contributed by atoms with Crippen molar-refractivity contribution in [1.82, 2.24) is 0 Å². The fourth-order valence-electron chi connectivity index (χ4n) is 3.97. The van der Waals surface area contributed by atoms with E-state index in [0.29, 0.717) is 33.2 Å². The lowest BCUT2D eigenvalue weighted by molar-refractivity contribution is 0.0696. The summed E-state index contributed by atoms with van der Waals surface area (Å²) in [5, 5.41) is 49.0.